The monoisotopic (exact) mass is 244 g/mol. The number of nitrogens with zero attached hydrogens (tertiary/aromatic N) is 2. The molecule has 0 saturated carbocycles. The van der Waals surface area contributed by atoms with Crippen molar-refractivity contribution in [2.75, 3.05) is 19.6 Å². The van der Waals surface area contributed by atoms with Gasteiger partial charge in [0.1, 0.15) is 0 Å². The van der Waals surface area contributed by atoms with Crippen molar-refractivity contribution in [1.82, 2.24) is 4.90 Å². The van der Waals surface area contributed by atoms with Gasteiger partial charge >= 0.3 is 0 Å². The summed E-state index contributed by atoms with van der Waals surface area (Å²) in [7, 11) is 0. The summed E-state index contributed by atoms with van der Waals surface area (Å²) in [6.45, 7) is 0.960. The van der Waals surface area contributed by atoms with Crippen LogP contribution in [0.5, 0.6) is 0 Å². The van der Waals surface area contributed by atoms with Crippen LogP contribution >= 0.6 is 0 Å². The molecule has 0 bridgehead atoms. The van der Waals surface area contributed by atoms with E-state index in [0.29, 0.717) is 19.0 Å². The first-order chi connectivity index (χ1) is 8.12. The normalized spacial score (nSPS) is 33.5. The molecule has 1 heterocycles. The Hall–Kier alpha value is -0.840. The second-order valence-corrected chi connectivity index (χ2v) is 5.06. The Bertz CT molecular complexity index is 307. The van der Waals surface area contributed by atoms with Crippen molar-refractivity contribution in [3.05, 3.63) is 17.1 Å². The van der Waals surface area contributed by atoms with Crippen molar-refractivity contribution < 1.29 is 8.78 Å². The Labute approximate surface area is 99.8 Å². The summed E-state index contributed by atoms with van der Waals surface area (Å²) in [4.78, 5) is 12.1. The number of allylic oxidation sites excluding steroid dienone is 2. The number of piperidine rings is 1. The van der Waals surface area contributed by atoms with Crippen LogP contribution in [0.4, 0.5) is 8.78 Å². The standard InChI is InChI=1S/C12H18F2N2O/c13-12(14)9-16(7-6-11(12)15-17)8-10-4-2-1-3-5-10/h1-2,10-11H,3-9H2. The highest BCUT2D eigenvalue weighted by Crippen LogP contribution is 2.31. The molecule has 0 radical (unpaired) electrons. The Morgan fingerprint density at radius 3 is 2.76 bits per heavy atom. The average molecular weight is 244 g/mol. The molecule has 0 aromatic carbocycles. The van der Waals surface area contributed by atoms with Crippen LogP contribution in [0.15, 0.2) is 17.3 Å². The lowest BCUT2D eigenvalue weighted by molar-refractivity contribution is -0.0822. The minimum absolute atomic E-state index is 0.180. The summed E-state index contributed by atoms with van der Waals surface area (Å²) in [5.41, 5.74) is 0. The first-order valence-electron chi connectivity index (χ1n) is 6.19. The quantitative estimate of drug-likeness (QED) is 0.565. The van der Waals surface area contributed by atoms with E-state index in [-0.39, 0.29) is 13.0 Å². The Morgan fingerprint density at radius 2 is 2.18 bits per heavy atom. The lowest BCUT2D eigenvalue weighted by Gasteiger charge is -2.37. The van der Waals surface area contributed by atoms with Crippen molar-refractivity contribution in [3.8, 4) is 0 Å². The molecule has 1 aliphatic carbocycles. The summed E-state index contributed by atoms with van der Waals surface area (Å²) in [6.07, 6.45) is 7.57. The number of halogens is 2. The molecule has 2 aliphatic rings. The molecular weight excluding hydrogens is 226 g/mol. The van der Waals surface area contributed by atoms with Gasteiger partial charge in [0.15, 0.2) is 6.04 Å². The molecule has 0 spiro atoms. The lowest BCUT2D eigenvalue weighted by atomic mass is 9.92. The first-order valence-corrected chi connectivity index (χ1v) is 6.19. The number of hydrogen-bond donors (Lipinski definition) is 0. The van der Waals surface area contributed by atoms with Gasteiger partial charge in [0, 0.05) is 13.1 Å². The largest absolute Gasteiger partial charge is 0.297 e. The molecule has 2 atom stereocenters. The first kappa shape index (κ1) is 12.6. The van der Waals surface area contributed by atoms with Crippen LogP contribution < -0.4 is 0 Å². The van der Waals surface area contributed by atoms with Gasteiger partial charge in [-0.1, -0.05) is 17.3 Å². The molecule has 0 aromatic heterocycles. The molecular formula is C12H18F2N2O. The lowest BCUT2D eigenvalue weighted by Crippen LogP contribution is -2.51. The van der Waals surface area contributed by atoms with Crippen molar-refractivity contribution in [3.63, 3.8) is 0 Å². The van der Waals surface area contributed by atoms with Gasteiger partial charge in [0.05, 0.1) is 6.54 Å². The fraction of sp³-hybridized carbons (Fsp3) is 0.833. The van der Waals surface area contributed by atoms with E-state index in [1.807, 2.05) is 0 Å². The summed E-state index contributed by atoms with van der Waals surface area (Å²) in [5.74, 6) is -2.47. The van der Waals surface area contributed by atoms with Gasteiger partial charge in [-0.3, -0.25) is 4.90 Å². The third-order valence-corrected chi connectivity index (χ3v) is 3.66. The zero-order valence-corrected chi connectivity index (χ0v) is 9.82. The number of nitroso groups, excluding NO2 is 1. The van der Waals surface area contributed by atoms with Gasteiger partial charge in [-0.2, -0.15) is 4.91 Å². The van der Waals surface area contributed by atoms with Gasteiger partial charge < -0.3 is 0 Å². The molecule has 0 amide bonds. The van der Waals surface area contributed by atoms with E-state index in [2.05, 4.69) is 17.3 Å². The van der Waals surface area contributed by atoms with E-state index in [9.17, 15) is 13.7 Å². The van der Waals surface area contributed by atoms with Crippen molar-refractivity contribution in [1.29, 1.82) is 0 Å². The van der Waals surface area contributed by atoms with Crippen LogP contribution in [0, 0.1) is 10.8 Å². The van der Waals surface area contributed by atoms with Gasteiger partial charge in [-0.05, 0) is 31.6 Å². The van der Waals surface area contributed by atoms with E-state index in [4.69, 9.17) is 0 Å². The zero-order chi connectivity index (χ0) is 12.3. The highest BCUT2D eigenvalue weighted by Gasteiger charge is 2.45. The Morgan fingerprint density at radius 1 is 1.35 bits per heavy atom. The minimum atomic E-state index is -2.95. The molecule has 1 fully saturated rings. The molecule has 1 saturated heterocycles. The molecule has 5 heteroatoms. The third kappa shape index (κ3) is 3.09. The second kappa shape index (κ2) is 5.21. The molecule has 3 nitrogen and oxygen atoms in total. The molecule has 0 aromatic rings. The van der Waals surface area contributed by atoms with Crippen molar-refractivity contribution >= 4 is 0 Å². The van der Waals surface area contributed by atoms with Crippen LogP contribution in [0.1, 0.15) is 25.7 Å². The van der Waals surface area contributed by atoms with E-state index in [1.165, 1.54) is 0 Å². The molecule has 2 unspecified atom stereocenters. The predicted molar refractivity (Wildman–Crippen MR) is 62.1 cm³/mol. The van der Waals surface area contributed by atoms with Crippen molar-refractivity contribution in [2.45, 2.75) is 37.6 Å². The average Bonchev–Trinajstić information content (AvgIpc) is 2.29. The van der Waals surface area contributed by atoms with Gasteiger partial charge in [-0.25, -0.2) is 8.78 Å². The van der Waals surface area contributed by atoms with Crippen LogP contribution in [-0.2, 0) is 0 Å². The maximum atomic E-state index is 13.5. The number of rotatable bonds is 3. The Kier molecular flexibility index (Phi) is 3.86. The molecule has 96 valence electrons. The smallest absolute Gasteiger partial charge is 0.285 e. The Balaban J connectivity index is 1.87. The summed E-state index contributed by atoms with van der Waals surface area (Å²) in [5, 5.41) is 2.54. The maximum Gasteiger partial charge on any atom is 0.285 e. The third-order valence-electron chi connectivity index (χ3n) is 3.66. The summed E-state index contributed by atoms with van der Waals surface area (Å²) < 4.78 is 27.0. The van der Waals surface area contributed by atoms with Crippen LogP contribution in [-0.4, -0.2) is 36.5 Å². The van der Waals surface area contributed by atoms with Crippen LogP contribution in [0.25, 0.3) is 0 Å². The summed E-state index contributed by atoms with van der Waals surface area (Å²) >= 11 is 0. The molecule has 2 rings (SSSR count). The highest BCUT2D eigenvalue weighted by molar-refractivity contribution is 4.94. The summed E-state index contributed by atoms with van der Waals surface area (Å²) in [6, 6.07) is -1.33. The number of hydrogen-bond acceptors (Lipinski definition) is 3. The van der Waals surface area contributed by atoms with Crippen LogP contribution in [0.2, 0.25) is 0 Å². The minimum Gasteiger partial charge on any atom is -0.297 e. The van der Waals surface area contributed by atoms with E-state index in [1.54, 1.807) is 4.90 Å². The van der Waals surface area contributed by atoms with Crippen LogP contribution in [0.3, 0.4) is 0 Å². The van der Waals surface area contributed by atoms with Gasteiger partial charge in [-0.15, -0.1) is 0 Å². The van der Waals surface area contributed by atoms with E-state index < -0.39 is 12.0 Å². The van der Waals surface area contributed by atoms with Gasteiger partial charge in [0.2, 0.25) is 0 Å². The highest BCUT2D eigenvalue weighted by atomic mass is 19.3. The van der Waals surface area contributed by atoms with Crippen molar-refractivity contribution in [2.24, 2.45) is 11.1 Å². The molecule has 0 N–H and O–H groups in total. The maximum absolute atomic E-state index is 13.5. The molecule has 17 heavy (non-hydrogen) atoms. The topological polar surface area (TPSA) is 32.7 Å². The SMILES string of the molecule is O=NC1CCN(CC2CC=CCC2)CC1(F)F. The van der Waals surface area contributed by atoms with Gasteiger partial charge in [0.25, 0.3) is 5.92 Å². The fourth-order valence-corrected chi connectivity index (χ4v) is 2.67. The zero-order valence-electron chi connectivity index (χ0n) is 9.82. The van der Waals surface area contributed by atoms with E-state index in [0.717, 1.165) is 19.3 Å². The second-order valence-electron chi connectivity index (χ2n) is 5.06. The predicted octanol–water partition coefficient (Wildman–Crippen LogP) is 2.82. The number of likely N-dealkylation sites (tertiary alicyclic amines) is 1. The molecule has 1 aliphatic heterocycles. The number of alkyl halides is 2. The fourth-order valence-electron chi connectivity index (χ4n) is 2.67. The van der Waals surface area contributed by atoms with E-state index >= 15 is 0 Å².